The number of amides is 1. The molecule has 5 nitrogen and oxygen atoms in total. The molecule has 0 saturated heterocycles. The number of anilines is 2. The number of benzene rings is 2. The molecule has 2 N–H and O–H groups in total. The van der Waals surface area contributed by atoms with Crippen molar-refractivity contribution in [2.24, 2.45) is 10.1 Å². The van der Waals surface area contributed by atoms with E-state index in [0.717, 1.165) is 11.3 Å². The zero-order valence-electron chi connectivity index (χ0n) is 13.5. The Morgan fingerprint density at radius 3 is 2.22 bits per heavy atom. The number of rotatable bonds is 5. The molecule has 23 heavy (non-hydrogen) atoms. The molecule has 5 heteroatoms. The van der Waals surface area contributed by atoms with E-state index < -0.39 is 0 Å². The smallest absolute Gasteiger partial charge is 0.277 e. The van der Waals surface area contributed by atoms with Crippen molar-refractivity contribution in [2.45, 2.75) is 13.8 Å². The summed E-state index contributed by atoms with van der Waals surface area (Å²) in [6, 6.07) is 17.0. The Morgan fingerprint density at radius 1 is 0.957 bits per heavy atom. The molecule has 0 aliphatic carbocycles. The summed E-state index contributed by atoms with van der Waals surface area (Å²) in [7, 11) is 1.63. The van der Waals surface area contributed by atoms with Gasteiger partial charge in [-0.3, -0.25) is 15.2 Å². The molecule has 0 heterocycles. The second kappa shape index (κ2) is 7.89. The van der Waals surface area contributed by atoms with E-state index in [4.69, 9.17) is 0 Å². The summed E-state index contributed by atoms with van der Waals surface area (Å²) in [6.07, 6.45) is 0. The number of hydrogen-bond acceptors (Lipinski definition) is 4. The SMILES string of the molecule is CN=C(C)/C(=N/Nc1ccc(C)cc1)C(=O)Nc1ccccc1. The van der Waals surface area contributed by atoms with Crippen LogP contribution in [-0.4, -0.2) is 24.4 Å². The number of hydrogen-bond donors (Lipinski definition) is 2. The van der Waals surface area contributed by atoms with Gasteiger partial charge in [0.2, 0.25) is 0 Å². The van der Waals surface area contributed by atoms with Crippen LogP contribution in [0.1, 0.15) is 12.5 Å². The number of nitrogens with zero attached hydrogens (tertiary/aromatic N) is 2. The Balaban J connectivity index is 2.17. The van der Waals surface area contributed by atoms with Gasteiger partial charge in [0.1, 0.15) is 0 Å². The Morgan fingerprint density at radius 2 is 1.61 bits per heavy atom. The largest absolute Gasteiger partial charge is 0.321 e. The fourth-order valence-corrected chi connectivity index (χ4v) is 1.86. The first kappa shape index (κ1) is 16.4. The van der Waals surface area contributed by atoms with Crippen LogP contribution in [0.4, 0.5) is 11.4 Å². The van der Waals surface area contributed by atoms with Gasteiger partial charge < -0.3 is 5.32 Å². The molecule has 0 aromatic heterocycles. The standard InChI is InChI=1S/C18H20N4O/c1-13-9-11-16(12-10-13)21-22-17(14(2)19-3)18(23)20-15-7-5-4-6-8-15/h4-12,21H,1-3H3,(H,20,23)/b19-14?,22-17-. The molecule has 2 aromatic carbocycles. The number of aliphatic imine (C=N–C) groups is 1. The number of hydrazone groups is 1. The topological polar surface area (TPSA) is 65.8 Å². The summed E-state index contributed by atoms with van der Waals surface area (Å²) in [5.74, 6) is -0.307. The number of nitrogens with one attached hydrogen (secondary N) is 2. The second-order valence-corrected chi connectivity index (χ2v) is 5.07. The van der Waals surface area contributed by atoms with Gasteiger partial charge in [0.25, 0.3) is 5.91 Å². The maximum absolute atomic E-state index is 12.4. The average molecular weight is 308 g/mol. The quantitative estimate of drug-likeness (QED) is 0.656. The van der Waals surface area contributed by atoms with Crippen molar-refractivity contribution in [3.63, 3.8) is 0 Å². The lowest BCUT2D eigenvalue weighted by atomic mass is 10.2. The normalized spacial score (nSPS) is 12.0. The molecule has 0 atom stereocenters. The highest BCUT2D eigenvalue weighted by atomic mass is 16.2. The number of carbonyl (C=O) groups is 1. The van der Waals surface area contributed by atoms with Crippen LogP contribution in [0, 0.1) is 6.92 Å². The lowest BCUT2D eigenvalue weighted by Crippen LogP contribution is -2.29. The highest BCUT2D eigenvalue weighted by molar-refractivity contribution is 6.68. The predicted octanol–water partition coefficient (Wildman–Crippen LogP) is 3.49. The van der Waals surface area contributed by atoms with Gasteiger partial charge in [0.15, 0.2) is 5.71 Å². The summed E-state index contributed by atoms with van der Waals surface area (Å²) in [4.78, 5) is 16.5. The molecule has 0 bridgehead atoms. The van der Waals surface area contributed by atoms with E-state index in [-0.39, 0.29) is 11.6 Å². The lowest BCUT2D eigenvalue weighted by Gasteiger charge is -2.08. The summed E-state index contributed by atoms with van der Waals surface area (Å²) >= 11 is 0. The van der Waals surface area contributed by atoms with Gasteiger partial charge in [-0.2, -0.15) is 5.10 Å². The van der Waals surface area contributed by atoms with E-state index in [9.17, 15) is 4.79 Å². The zero-order valence-corrected chi connectivity index (χ0v) is 13.5. The van der Waals surface area contributed by atoms with Crippen LogP contribution in [0.5, 0.6) is 0 Å². The zero-order chi connectivity index (χ0) is 16.7. The minimum absolute atomic E-state index is 0.247. The molecule has 0 radical (unpaired) electrons. The van der Waals surface area contributed by atoms with Crippen LogP contribution < -0.4 is 10.7 Å². The Kier molecular flexibility index (Phi) is 5.63. The van der Waals surface area contributed by atoms with Crippen molar-refractivity contribution < 1.29 is 4.79 Å². The number of para-hydroxylation sites is 1. The Hall–Kier alpha value is -2.95. The van der Waals surface area contributed by atoms with Crippen LogP contribution in [0.3, 0.4) is 0 Å². The Bertz CT molecular complexity index is 718. The summed E-state index contributed by atoms with van der Waals surface area (Å²) in [6.45, 7) is 3.76. The molecule has 0 aliphatic heterocycles. The van der Waals surface area contributed by atoms with Crippen LogP contribution >= 0.6 is 0 Å². The fraction of sp³-hybridized carbons (Fsp3) is 0.167. The van der Waals surface area contributed by atoms with Gasteiger partial charge in [0, 0.05) is 12.7 Å². The molecular weight excluding hydrogens is 288 g/mol. The van der Waals surface area contributed by atoms with Crippen molar-refractivity contribution in [3.8, 4) is 0 Å². The van der Waals surface area contributed by atoms with Crippen molar-refractivity contribution in [1.82, 2.24) is 0 Å². The molecule has 2 aromatic rings. The van der Waals surface area contributed by atoms with Gasteiger partial charge in [-0.05, 0) is 38.1 Å². The molecule has 0 spiro atoms. The first-order chi connectivity index (χ1) is 11.1. The van der Waals surface area contributed by atoms with Gasteiger partial charge >= 0.3 is 0 Å². The minimum atomic E-state index is -0.307. The van der Waals surface area contributed by atoms with Crippen LogP contribution in [0.15, 0.2) is 64.7 Å². The minimum Gasteiger partial charge on any atom is -0.321 e. The first-order valence-corrected chi connectivity index (χ1v) is 7.30. The maximum Gasteiger partial charge on any atom is 0.277 e. The molecule has 0 unspecified atom stereocenters. The van der Waals surface area contributed by atoms with Crippen molar-refractivity contribution in [1.29, 1.82) is 0 Å². The van der Waals surface area contributed by atoms with E-state index >= 15 is 0 Å². The third-order valence-electron chi connectivity index (χ3n) is 3.27. The van der Waals surface area contributed by atoms with E-state index in [1.165, 1.54) is 0 Å². The van der Waals surface area contributed by atoms with Crippen molar-refractivity contribution >= 4 is 28.7 Å². The fourth-order valence-electron chi connectivity index (χ4n) is 1.86. The monoisotopic (exact) mass is 308 g/mol. The lowest BCUT2D eigenvalue weighted by molar-refractivity contribution is -0.110. The number of aryl methyl sites for hydroxylation is 1. The molecule has 0 fully saturated rings. The number of carbonyl (C=O) groups excluding carboxylic acids is 1. The first-order valence-electron chi connectivity index (χ1n) is 7.30. The molecule has 1 amide bonds. The van der Waals surface area contributed by atoms with Crippen LogP contribution in [0.25, 0.3) is 0 Å². The molecular formula is C18H20N4O. The highest BCUT2D eigenvalue weighted by Crippen LogP contribution is 2.09. The highest BCUT2D eigenvalue weighted by Gasteiger charge is 2.15. The maximum atomic E-state index is 12.4. The second-order valence-electron chi connectivity index (χ2n) is 5.07. The molecule has 2 rings (SSSR count). The van der Waals surface area contributed by atoms with Gasteiger partial charge in [0.05, 0.1) is 11.4 Å². The molecule has 0 saturated carbocycles. The van der Waals surface area contributed by atoms with E-state index in [2.05, 4.69) is 20.8 Å². The van der Waals surface area contributed by atoms with E-state index in [1.54, 1.807) is 14.0 Å². The van der Waals surface area contributed by atoms with Crippen LogP contribution in [0.2, 0.25) is 0 Å². The average Bonchev–Trinajstić information content (AvgIpc) is 2.57. The molecule has 118 valence electrons. The van der Waals surface area contributed by atoms with E-state index in [0.29, 0.717) is 11.4 Å². The molecule has 0 aliphatic rings. The van der Waals surface area contributed by atoms with Crippen LogP contribution in [-0.2, 0) is 4.79 Å². The third kappa shape index (κ3) is 4.78. The van der Waals surface area contributed by atoms with Crippen molar-refractivity contribution in [2.75, 3.05) is 17.8 Å². The van der Waals surface area contributed by atoms with Gasteiger partial charge in [-0.1, -0.05) is 35.9 Å². The van der Waals surface area contributed by atoms with Gasteiger partial charge in [-0.25, -0.2) is 0 Å². The third-order valence-corrected chi connectivity index (χ3v) is 3.27. The predicted molar refractivity (Wildman–Crippen MR) is 96.3 cm³/mol. The van der Waals surface area contributed by atoms with Gasteiger partial charge in [-0.15, -0.1) is 0 Å². The Labute approximate surface area is 136 Å². The summed E-state index contributed by atoms with van der Waals surface area (Å²) in [5.41, 5.74) is 6.38. The summed E-state index contributed by atoms with van der Waals surface area (Å²) in [5, 5.41) is 7.03. The summed E-state index contributed by atoms with van der Waals surface area (Å²) < 4.78 is 0. The van der Waals surface area contributed by atoms with Crippen molar-refractivity contribution in [3.05, 3.63) is 60.2 Å². The van der Waals surface area contributed by atoms with E-state index in [1.807, 2.05) is 61.5 Å².